The van der Waals surface area contributed by atoms with Gasteiger partial charge in [0.05, 0.1) is 19.3 Å². The normalized spacial score (nSPS) is 10.8. The molecular weight excluding hydrogens is 334 g/mol. The zero-order chi connectivity index (χ0) is 17.0. The molecule has 124 valence electrons. The fourth-order valence-corrected chi connectivity index (χ4v) is 3.97. The molecule has 2 aromatic rings. The first-order valence-corrected chi connectivity index (χ1v) is 8.92. The van der Waals surface area contributed by atoms with E-state index in [2.05, 4.69) is 14.9 Å². The van der Waals surface area contributed by atoms with Crippen molar-refractivity contribution >= 4 is 34.9 Å². The summed E-state index contributed by atoms with van der Waals surface area (Å²) in [7, 11) is 1.37. The summed E-state index contributed by atoms with van der Waals surface area (Å²) >= 11 is 2.89. The summed E-state index contributed by atoms with van der Waals surface area (Å²) in [5.41, 5.74) is 2.54. The smallest absolute Gasteiger partial charge is 0.307 e. The lowest BCUT2D eigenvalue weighted by Crippen LogP contribution is -2.10. The molecule has 0 spiro atoms. The number of aryl methyl sites for hydroxylation is 2. The van der Waals surface area contributed by atoms with E-state index in [0.29, 0.717) is 24.3 Å². The van der Waals surface area contributed by atoms with Crippen molar-refractivity contribution < 1.29 is 14.3 Å². The second-order valence-corrected chi connectivity index (χ2v) is 7.47. The Balaban J connectivity index is 2.04. The Morgan fingerprint density at radius 1 is 1.30 bits per heavy atom. The average molecular weight is 353 g/mol. The summed E-state index contributed by atoms with van der Waals surface area (Å²) < 4.78 is 7.44. The van der Waals surface area contributed by atoms with Crippen LogP contribution in [0.1, 0.15) is 33.2 Å². The third kappa shape index (κ3) is 4.42. The maximum atomic E-state index is 12.4. The second-order valence-electron chi connectivity index (χ2n) is 5.06. The van der Waals surface area contributed by atoms with Crippen molar-refractivity contribution in [1.29, 1.82) is 0 Å². The maximum Gasteiger partial charge on any atom is 0.307 e. The topological polar surface area (TPSA) is 74.1 Å². The van der Waals surface area contributed by atoms with Crippen LogP contribution in [0.5, 0.6) is 0 Å². The minimum absolute atomic E-state index is 0.0558. The largest absolute Gasteiger partial charge is 0.469 e. The molecule has 0 unspecified atom stereocenters. The van der Waals surface area contributed by atoms with Crippen molar-refractivity contribution in [3.63, 3.8) is 0 Å². The number of hydrogen-bond donors (Lipinski definition) is 0. The fraction of sp³-hybridized carbons (Fsp3) is 0.467. The molecule has 2 rings (SSSR count). The van der Waals surface area contributed by atoms with Gasteiger partial charge in [0.25, 0.3) is 0 Å². The Kier molecular flexibility index (Phi) is 5.95. The van der Waals surface area contributed by atoms with Gasteiger partial charge >= 0.3 is 5.97 Å². The van der Waals surface area contributed by atoms with Crippen LogP contribution in [0.4, 0.5) is 0 Å². The number of nitrogens with zero attached hydrogens (tertiary/aromatic N) is 3. The second kappa shape index (κ2) is 7.74. The Morgan fingerprint density at radius 3 is 2.65 bits per heavy atom. The minimum atomic E-state index is -0.257. The molecule has 23 heavy (non-hydrogen) atoms. The van der Waals surface area contributed by atoms with E-state index < -0.39 is 0 Å². The fourth-order valence-electron chi connectivity index (χ4n) is 2.27. The molecule has 0 amide bonds. The third-order valence-corrected chi connectivity index (χ3v) is 5.45. The quantitative estimate of drug-likeness (QED) is 0.433. The summed E-state index contributed by atoms with van der Waals surface area (Å²) in [6.45, 7) is 6.23. The molecule has 0 atom stereocenters. The van der Waals surface area contributed by atoms with E-state index in [1.807, 2.05) is 31.4 Å². The average Bonchev–Trinajstić information content (AvgIpc) is 3.06. The molecule has 0 bridgehead atoms. The summed E-state index contributed by atoms with van der Waals surface area (Å²) in [5.74, 6) is 0.128. The van der Waals surface area contributed by atoms with Gasteiger partial charge in [-0.3, -0.25) is 9.59 Å². The number of Topliss-reactive ketones (excluding diaryl/α,β-unsaturated/α-hetero) is 1. The molecule has 0 radical (unpaired) electrons. The molecule has 0 fully saturated rings. The highest BCUT2D eigenvalue weighted by atomic mass is 32.2. The standard InChI is InChI=1S/C15H19N3O3S2/c1-9-7-12(10(2)18(9)6-5-14(20)21-4)13(19)8-22-15-17-16-11(3)23-15/h7H,5-6,8H2,1-4H3. The van der Waals surface area contributed by atoms with Crippen molar-refractivity contribution in [1.82, 2.24) is 14.8 Å². The molecule has 0 saturated heterocycles. The van der Waals surface area contributed by atoms with Crippen LogP contribution >= 0.6 is 23.1 Å². The molecule has 0 saturated carbocycles. The van der Waals surface area contributed by atoms with Gasteiger partial charge in [0, 0.05) is 23.5 Å². The van der Waals surface area contributed by atoms with Crippen LogP contribution in [0.3, 0.4) is 0 Å². The first-order chi connectivity index (χ1) is 10.9. The van der Waals surface area contributed by atoms with Gasteiger partial charge in [-0.15, -0.1) is 10.2 Å². The van der Waals surface area contributed by atoms with E-state index in [4.69, 9.17) is 0 Å². The Hall–Kier alpha value is -1.67. The van der Waals surface area contributed by atoms with E-state index in [-0.39, 0.29) is 11.8 Å². The number of rotatable bonds is 7. The van der Waals surface area contributed by atoms with E-state index in [9.17, 15) is 9.59 Å². The zero-order valence-corrected chi connectivity index (χ0v) is 15.2. The molecule has 0 aliphatic rings. The van der Waals surface area contributed by atoms with Crippen LogP contribution in [0.2, 0.25) is 0 Å². The van der Waals surface area contributed by atoms with Crippen LogP contribution in [-0.2, 0) is 16.1 Å². The maximum absolute atomic E-state index is 12.4. The van der Waals surface area contributed by atoms with Gasteiger partial charge < -0.3 is 9.30 Å². The highest BCUT2D eigenvalue weighted by Gasteiger charge is 2.17. The van der Waals surface area contributed by atoms with Crippen molar-refractivity contribution in [3.05, 3.63) is 28.0 Å². The van der Waals surface area contributed by atoms with Crippen LogP contribution in [-0.4, -0.2) is 39.4 Å². The number of thioether (sulfide) groups is 1. The number of aromatic nitrogens is 3. The lowest BCUT2D eigenvalue weighted by molar-refractivity contribution is -0.140. The van der Waals surface area contributed by atoms with Crippen molar-refractivity contribution in [3.8, 4) is 0 Å². The zero-order valence-electron chi connectivity index (χ0n) is 13.6. The Labute approximate surface area is 143 Å². The molecule has 0 aliphatic carbocycles. The molecule has 6 nitrogen and oxygen atoms in total. The molecule has 0 aromatic carbocycles. The van der Waals surface area contributed by atoms with Gasteiger partial charge in [0.15, 0.2) is 10.1 Å². The van der Waals surface area contributed by atoms with Gasteiger partial charge in [-0.2, -0.15) is 0 Å². The third-order valence-electron chi connectivity index (χ3n) is 3.48. The van der Waals surface area contributed by atoms with Crippen LogP contribution < -0.4 is 0 Å². The summed E-state index contributed by atoms with van der Waals surface area (Å²) in [5, 5.41) is 8.84. The van der Waals surface area contributed by atoms with Crippen LogP contribution in [0.25, 0.3) is 0 Å². The lowest BCUT2D eigenvalue weighted by Gasteiger charge is -2.08. The molecule has 8 heteroatoms. The summed E-state index contributed by atoms with van der Waals surface area (Å²) in [4.78, 5) is 23.7. The van der Waals surface area contributed by atoms with Gasteiger partial charge in [-0.05, 0) is 26.8 Å². The summed E-state index contributed by atoms with van der Waals surface area (Å²) in [6, 6.07) is 1.88. The number of ketones is 1. The van der Waals surface area contributed by atoms with E-state index in [1.165, 1.54) is 30.2 Å². The highest BCUT2D eigenvalue weighted by Crippen LogP contribution is 2.24. The Bertz CT molecular complexity index is 722. The number of ether oxygens (including phenoxy) is 1. The van der Waals surface area contributed by atoms with Crippen molar-refractivity contribution in [2.24, 2.45) is 0 Å². The summed E-state index contributed by atoms with van der Waals surface area (Å²) in [6.07, 6.45) is 0.291. The van der Waals surface area contributed by atoms with Gasteiger partial charge in [-0.1, -0.05) is 23.1 Å². The molecule has 0 aliphatic heterocycles. The SMILES string of the molecule is COC(=O)CCn1c(C)cc(C(=O)CSc2nnc(C)s2)c1C. The van der Waals surface area contributed by atoms with E-state index >= 15 is 0 Å². The van der Waals surface area contributed by atoms with Crippen LogP contribution in [0.15, 0.2) is 10.4 Å². The number of carbonyl (C=O) groups is 2. The number of esters is 1. The first kappa shape index (κ1) is 17.7. The van der Waals surface area contributed by atoms with Crippen molar-refractivity contribution in [2.75, 3.05) is 12.9 Å². The Morgan fingerprint density at radius 2 is 2.04 bits per heavy atom. The van der Waals surface area contributed by atoms with Gasteiger partial charge in [0.2, 0.25) is 0 Å². The molecule has 2 aromatic heterocycles. The molecule has 0 N–H and O–H groups in total. The number of hydrogen-bond acceptors (Lipinski definition) is 7. The van der Waals surface area contributed by atoms with Gasteiger partial charge in [-0.25, -0.2) is 0 Å². The molecular formula is C15H19N3O3S2. The minimum Gasteiger partial charge on any atom is -0.469 e. The monoisotopic (exact) mass is 353 g/mol. The first-order valence-electron chi connectivity index (χ1n) is 7.12. The predicted molar refractivity (Wildman–Crippen MR) is 90.2 cm³/mol. The molecule has 2 heterocycles. The van der Waals surface area contributed by atoms with Crippen molar-refractivity contribution in [2.45, 2.75) is 38.1 Å². The predicted octanol–water partition coefficient (Wildman–Crippen LogP) is 2.80. The number of methoxy groups -OCH3 is 1. The highest BCUT2D eigenvalue weighted by molar-refractivity contribution is 8.01. The van der Waals surface area contributed by atoms with E-state index in [1.54, 1.807) is 0 Å². The lowest BCUT2D eigenvalue weighted by atomic mass is 10.2. The van der Waals surface area contributed by atoms with E-state index in [0.717, 1.165) is 20.7 Å². The van der Waals surface area contributed by atoms with Crippen LogP contribution in [0, 0.1) is 20.8 Å². The number of carbonyl (C=O) groups excluding carboxylic acids is 2. The van der Waals surface area contributed by atoms with Gasteiger partial charge in [0.1, 0.15) is 5.01 Å².